The molecule has 0 N–H and O–H groups in total. The molecule has 1 aliphatic rings. The minimum absolute atomic E-state index is 0.177. The summed E-state index contributed by atoms with van der Waals surface area (Å²) < 4.78 is 4.66. The van der Waals surface area contributed by atoms with Crippen molar-refractivity contribution in [1.82, 2.24) is 24.3 Å². The number of aromatic nitrogens is 5. The topological polar surface area (TPSA) is 72.3 Å². The number of hydrogen-bond acceptors (Lipinski definition) is 4. The van der Waals surface area contributed by atoms with Gasteiger partial charge < -0.3 is 0 Å². The fraction of sp³-hybridized carbons (Fsp3) is 0.143. The summed E-state index contributed by atoms with van der Waals surface area (Å²) in [6, 6.07) is 8.00. The van der Waals surface area contributed by atoms with E-state index < -0.39 is 0 Å². The first-order valence-corrected chi connectivity index (χ1v) is 7.67. The number of fused-ring (bicyclic) bond motifs is 5. The number of nitrogens with zero attached hydrogens (tertiary/aromatic N) is 6. The van der Waals surface area contributed by atoms with E-state index in [9.17, 15) is 0 Å². The SMILES string of the molecule is N#CCc1nc2n(n1)Cc1c(Cl)ncn1-c1ccc(Br)cc1-2. The summed E-state index contributed by atoms with van der Waals surface area (Å²) in [6.45, 7) is 0.457. The Morgan fingerprint density at radius 3 is 3.09 bits per heavy atom. The predicted octanol–water partition coefficient (Wildman–Crippen LogP) is 2.97. The fourth-order valence-electron chi connectivity index (χ4n) is 2.58. The van der Waals surface area contributed by atoms with Gasteiger partial charge in [0.05, 0.1) is 30.4 Å². The van der Waals surface area contributed by atoms with E-state index in [1.165, 1.54) is 0 Å². The molecule has 4 rings (SSSR count). The smallest absolute Gasteiger partial charge is 0.165 e. The second kappa shape index (κ2) is 4.93. The van der Waals surface area contributed by atoms with Gasteiger partial charge in [-0.2, -0.15) is 10.4 Å². The Hall–Kier alpha value is -2.17. The summed E-state index contributed by atoms with van der Waals surface area (Å²) >= 11 is 9.70. The van der Waals surface area contributed by atoms with E-state index in [1.807, 2.05) is 22.8 Å². The maximum atomic E-state index is 8.86. The highest BCUT2D eigenvalue weighted by molar-refractivity contribution is 9.10. The highest BCUT2D eigenvalue weighted by Crippen LogP contribution is 2.34. The Kier molecular flexibility index (Phi) is 3.03. The largest absolute Gasteiger partial charge is 0.299 e. The molecule has 6 nitrogen and oxygen atoms in total. The first-order valence-electron chi connectivity index (χ1n) is 6.50. The fourth-order valence-corrected chi connectivity index (χ4v) is 3.14. The van der Waals surface area contributed by atoms with Crippen molar-refractivity contribution in [1.29, 1.82) is 5.26 Å². The lowest BCUT2D eigenvalue weighted by Crippen LogP contribution is -2.05. The van der Waals surface area contributed by atoms with Gasteiger partial charge in [-0.05, 0) is 18.2 Å². The van der Waals surface area contributed by atoms with Crippen LogP contribution in [-0.4, -0.2) is 24.3 Å². The molecule has 1 aliphatic heterocycles. The molecule has 0 unspecified atom stereocenters. The predicted molar refractivity (Wildman–Crippen MR) is 83.7 cm³/mol. The van der Waals surface area contributed by atoms with E-state index in [4.69, 9.17) is 16.9 Å². The summed E-state index contributed by atoms with van der Waals surface area (Å²) in [6.07, 6.45) is 1.88. The van der Waals surface area contributed by atoms with Crippen molar-refractivity contribution in [2.45, 2.75) is 13.0 Å². The van der Waals surface area contributed by atoms with Crippen LogP contribution in [0, 0.1) is 11.3 Å². The number of rotatable bonds is 1. The van der Waals surface area contributed by atoms with Crippen molar-refractivity contribution in [3.05, 3.63) is 45.7 Å². The zero-order chi connectivity index (χ0) is 15.3. The van der Waals surface area contributed by atoms with E-state index in [-0.39, 0.29) is 6.42 Å². The minimum Gasteiger partial charge on any atom is -0.299 e. The van der Waals surface area contributed by atoms with Crippen LogP contribution in [0.25, 0.3) is 17.1 Å². The van der Waals surface area contributed by atoms with Gasteiger partial charge in [-0.3, -0.25) is 4.57 Å². The molecule has 1 aromatic carbocycles. The maximum absolute atomic E-state index is 8.86. The van der Waals surface area contributed by atoms with Gasteiger partial charge in [-0.25, -0.2) is 14.6 Å². The monoisotopic (exact) mass is 374 g/mol. The van der Waals surface area contributed by atoms with Crippen molar-refractivity contribution in [2.75, 3.05) is 0 Å². The van der Waals surface area contributed by atoms with Crippen LogP contribution >= 0.6 is 27.5 Å². The third kappa shape index (κ3) is 1.95. The molecule has 0 fully saturated rings. The molecule has 0 radical (unpaired) electrons. The van der Waals surface area contributed by atoms with Crippen LogP contribution in [-0.2, 0) is 13.0 Å². The van der Waals surface area contributed by atoms with E-state index in [0.29, 0.717) is 17.5 Å². The van der Waals surface area contributed by atoms with Gasteiger partial charge >= 0.3 is 0 Å². The van der Waals surface area contributed by atoms with Crippen LogP contribution in [0.2, 0.25) is 5.15 Å². The van der Waals surface area contributed by atoms with Crippen LogP contribution in [0.3, 0.4) is 0 Å². The summed E-state index contributed by atoms with van der Waals surface area (Å²) in [5.41, 5.74) is 2.70. The van der Waals surface area contributed by atoms with Gasteiger partial charge in [0.1, 0.15) is 6.33 Å². The Labute approximate surface area is 139 Å². The summed E-state index contributed by atoms with van der Waals surface area (Å²) in [7, 11) is 0. The van der Waals surface area contributed by atoms with Gasteiger partial charge in [0.2, 0.25) is 0 Å². The van der Waals surface area contributed by atoms with E-state index in [2.05, 4.69) is 37.1 Å². The summed E-state index contributed by atoms with van der Waals surface area (Å²) in [5.74, 6) is 1.23. The number of benzene rings is 1. The quantitative estimate of drug-likeness (QED) is 0.513. The molecule has 0 saturated heterocycles. The lowest BCUT2D eigenvalue weighted by Gasteiger charge is -2.08. The zero-order valence-electron chi connectivity index (χ0n) is 11.2. The van der Waals surface area contributed by atoms with Gasteiger partial charge in [-0.1, -0.05) is 27.5 Å². The maximum Gasteiger partial charge on any atom is 0.165 e. The summed E-state index contributed by atoms with van der Waals surface area (Å²) in [5, 5.41) is 13.7. The average Bonchev–Trinajstić information content (AvgIpc) is 3.02. The molecule has 8 heteroatoms. The first kappa shape index (κ1) is 13.5. The molecule has 0 aliphatic carbocycles. The highest BCUT2D eigenvalue weighted by atomic mass is 79.9. The normalized spacial score (nSPS) is 12.0. The third-order valence-electron chi connectivity index (χ3n) is 3.53. The van der Waals surface area contributed by atoms with Crippen LogP contribution in [0.15, 0.2) is 29.0 Å². The number of hydrogen-bond donors (Lipinski definition) is 0. The van der Waals surface area contributed by atoms with Gasteiger partial charge in [-0.15, -0.1) is 0 Å². The minimum atomic E-state index is 0.177. The van der Waals surface area contributed by atoms with Crippen molar-refractivity contribution in [3.63, 3.8) is 0 Å². The van der Waals surface area contributed by atoms with E-state index in [1.54, 1.807) is 11.0 Å². The highest BCUT2D eigenvalue weighted by Gasteiger charge is 2.24. The molecule has 0 saturated carbocycles. The molecule has 2 aromatic heterocycles. The Bertz CT molecular complexity index is 935. The molecule has 108 valence electrons. The molecule has 0 bridgehead atoms. The summed E-state index contributed by atoms with van der Waals surface area (Å²) in [4.78, 5) is 8.69. The van der Waals surface area contributed by atoms with Gasteiger partial charge in [0.25, 0.3) is 0 Å². The van der Waals surface area contributed by atoms with Crippen LogP contribution in [0.1, 0.15) is 11.5 Å². The second-order valence-corrected chi connectivity index (χ2v) is 6.13. The standard InChI is InChI=1S/C14H8BrClN6/c15-8-1-2-10-9(5-8)14-19-12(3-4-17)20-22(14)6-11-13(16)18-7-21(10)11/h1-2,5,7H,3,6H2. The Morgan fingerprint density at radius 2 is 2.27 bits per heavy atom. The molecule has 0 spiro atoms. The van der Waals surface area contributed by atoms with Crippen LogP contribution in [0.5, 0.6) is 0 Å². The molecular formula is C14H8BrClN6. The van der Waals surface area contributed by atoms with Crippen LogP contribution < -0.4 is 0 Å². The molecule has 0 amide bonds. The molecule has 22 heavy (non-hydrogen) atoms. The third-order valence-corrected chi connectivity index (χ3v) is 4.34. The van der Waals surface area contributed by atoms with Crippen molar-refractivity contribution in [3.8, 4) is 23.1 Å². The van der Waals surface area contributed by atoms with Gasteiger partial charge in [0.15, 0.2) is 16.8 Å². The van der Waals surface area contributed by atoms with Crippen LogP contribution in [0.4, 0.5) is 0 Å². The number of halogens is 2. The Morgan fingerprint density at radius 1 is 1.41 bits per heavy atom. The lowest BCUT2D eigenvalue weighted by atomic mass is 10.1. The zero-order valence-corrected chi connectivity index (χ0v) is 13.5. The number of nitriles is 1. The van der Waals surface area contributed by atoms with Crippen molar-refractivity contribution < 1.29 is 0 Å². The molecule has 3 heterocycles. The van der Waals surface area contributed by atoms with Gasteiger partial charge in [0, 0.05) is 10.0 Å². The second-order valence-electron chi connectivity index (χ2n) is 4.86. The Balaban J connectivity index is 2.04. The van der Waals surface area contributed by atoms with Crippen molar-refractivity contribution >= 4 is 27.5 Å². The average molecular weight is 376 g/mol. The first-order chi connectivity index (χ1) is 10.7. The van der Waals surface area contributed by atoms with E-state index >= 15 is 0 Å². The molecule has 0 atom stereocenters. The lowest BCUT2D eigenvalue weighted by molar-refractivity contribution is 0.668. The molecular weight excluding hydrogens is 368 g/mol. The van der Waals surface area contributed by atoms with E-state index in [0.717, 1.165) is 27.2 Å². The van der Waals surface area contributed by atoms with Crippen molar-refractivity contribution in [2.24, 2.45) is 0 Å². The molecule has 3 aromatic rings. The number of imidazole rings is 1.